The van der Waals surface area contributed by atoms with Crippen molar-refractivity contribution in [1.82, 2.24) is 8.96 Å². The maximum Gasteiger partial charge on any atom is 0.290 e. The minimum Gasteiger partial charge on any atom is -0.492 e. The minimum absolute atomic E-state index is 0.192. The Labute approximate surface area is 156 Å². The van der Waals surface area contributed by atoms with E-state index in [1.807, 2.05) is 6.07 Å². The fraction of sp³-hybridized carbons (Fsp3) is 0.222. The van der Waals surface area contributed by atoms with Gasteiger partial charge in [0, 0.05) is 18.8 Å². The second-order valence-corrected chi connectivity index (χ2v) is 7.60. The van der Waals surface area contributed by atoms with Crippen LogP contribution in [0.3, 0.4) is 0 Å². The number of hydrogen-bond donors (Lipinski definition) is 2. The van der Waals surface area contributed by atoms with Crippen LogP contribution >= 0.6 is 0 Å². The molecule has 27 heavy (non-hydrogen) atoms. The van der Waals surface area contributed by atoms with Gasteiger partial charge in [-0.3, -0.25) is 9.78 Å². The number of pyridine rings is 1. The number of carbonyl (C=O) groups is 1. The molecule has 3 heterocycles. The molecule has 8 nitrogen and oxygen atoms in total. The number of rotatable bonds is 4. The smallest absolute Gasteiger partial charge is 0.290 e. The number of aromatic nitrogens is 2. The zero-order valence-corrected chi connectivity index (χ0v) is 15.2. The maximum absolute atomic E-state index is 13.2. The number of nitrogens with zero attached hydrogens (tertiary/aromatic N) is 2. The summed E-state index contributed by atoms with van der Waals surface area (Å²) in [5, 5.41) is 6.89. The van der Waals surface area contributed by atoms with Crippen molar-refractivity contribution >= 4 is 27.5 Å². The molecule has 142 valence electrons. The third-order valence-electron chi connectivity index (χ3n) is 4.23. The van der Waals surface area contributed by atoms with Gasteiger partial charge in [-0.2, -0.15) is 0 Å². The fourth-order valence-electron chi connectivity index (χ4n) is 3.13. The summed E-state index contributed by atoms with van der Waals surface area (Å²) in [4.78, 5) is 12.9. The fourth-order valence-corrected chi connectivity index (χ4v) is 4.68. The number of benzene rings is 1. The van der Waals surface area contributed by atoms with Gasteiger partial charge in [-0.05, 0) is 42.3 Å². The molecule has 2 aromatic heterocycles. The van der Waals surface area contributed by atoms with E-state index in [1.54, 1.807) is 36.7 Å². The van der Waals surface area contributed by atoms with E-state index < -0.39 is 10.0 Å². The molecule has 0 saturated carbocycles. The van der Waals surface area contributed by atoms with Crippen molar-refractivity contribution in [2.75, 3.05) is 13.2 Å². The summed E-state index contributed by atoms with van der Waals surface area (Å²) in [7, 11) is -3.78. The van der Waals surface area contributed by atoms with E-state index >= 15 is 0 Å². The lowest BCUT2D eigenvalue weighted by atomic mass is 10.2. The topological polar surface area (TPSA) is 125 Å². The molecular weight excluding hydrogens is 370 g/mol. The predicted octanol–water partition coefficient (Wildman–Crippen LogP) is 1.41. The van der Waals surface area contributed by atoms with Crippen LogP contribution in [0.5, 0.6) is 5.75 Å². The number of nitrogens with two attached hydrogens (primary N) is 1. The third-order valence-corrected chi connectivity index (χ3v) is 5.93. The van der Waals surface area contributed by atoms with Crippen molar-refractivity contribution in [3.05, 3.63) is 53.9 Å². The first-order valence-corrected chi connectivity index (χ1v) is 9.71. The van der Waals surface area contributed by atoms with E-state index in [0.29, 0.717) is 36.4 Å². The van der Waals surface area contributed by atoms with E-state index in [1.165, 1.54) is 3.97 Å². The van der Waals surface area contributed by atoms with Gasteiger partial charge in [-0.15, -0.1) is 0 Å². The van der Waals surface area contributed by atoms with Crippen LogP contribution in [-0.2, 0) is 27.7 Å². The summed E-state index contributed by atoms with van der Waals surface area (Å²) < 4.78 is 33.4. The van der Waals surface area contributed by atoms with Gasteiger partial charge in [-0.25, -0.2) is 12.4 Å². The average molecular weight is 389 g/mol. The Kier molecular flexibility index (Phi) is 5.43. The van der Waals surface area contributed by atoms with Gasteiger partial charge in [0.2, 0.25) is 0 Å². The van der Waals surface area contributed by atoms with Gasteiger partial charge in [0.1, 0.15) is 10.6 Å². The van der Waals surface area contributed by atoms with Gasteiger partial charge < -0.3 is 15.6 Å². The Morgan fingerprint density at radius 3 is 2.81 bits per heavy atom. The maximum atomic E-state index is 13.2. The molecule has 0 bridgehead atoms. The Bertz CT molecular complexity index is 1080. The zero-order valence-electron chi connectivity index (χ0n) is 14.4. The lowest BCUT2D eigenvalue weighted by Gasteiger charge is -2.11. The molecule has 1 aromatic carbocycles. The highest BCUT2D eigenvalue weighted by Gasteiger charge is 2.28. The van der Waals surface area contributed by atoms with Crippen LogP contribution in [0.2, 0.25) is 0 Å². The van der Waals surface area contributed by atoms with Crippen LogP contribution in [0.1, 0.15) is 11.1 Å². The largest absolute Gasteiger partial charge is 0.492 e. The summed E-state index contributed by atoms with van der Waals surface area (Å²) in [6.07, 6.45) is 4.57. The average Bonchev–Trinajstić information content (AvgIpc) is 3.28. The SMILES string of the molecule is NCCc1cn(S(=O)(=O)c2cccc3c2OCC3)c2cccnc12.O=CO. The molecule has 0 amide bonds. The summed E-state index contributed by atoms with van der Waals surface area (Å²) >= 11 is 0. The van der Waals surface area contributed by atoms with Crippen molar-refractivity contribution in [2.45, 2.75) is 17.7 Å². The Balaban J connectivity index is 0.000000659. The van der Waals surface area contributed by atoms with Crippen molar-refractivity contribution < 1.29 is 23.1 Å². The van der Waals surface area contributed by atoms with E-state index in [-0.39, 0.29) is 11.4 Å². The Hall–Kier alpha value is -2.91. The lowest BCUT2D eigenvalue weighted by Crippen LogP contribution is -2.13. The number of ether oxygens (including phenoxy) is 1. The van der Waals surface area contributed by atoms with Crippen LogP contribution in [0, 0.1) is 0 Å². The number of hydrogen-bond acceptors (Lipinski definition) is 6. The monoisotopic (exact) mass is 389 g/mol. The van der Waals surface area contributed by atoms with Crippen LogP contribution < -0.4 is 10.5 Å². The quantitative estimate of drug-likeness (QED) is 0.646. The Morgan fingerprint density at radius 1 is 1.30 bits per heavy atom. The van der Waals surface area contributed by atoms with E-state index in [0.717, 1.165) is 17.5 Å². The zero-order chi connectivity index (χ0) is 19.4. The van der Waals surface area contributed by atoms with Crippen LogP contribution in [0.15, 0.2) is 47.6 Å². The van der Waals surface area contributed by atoms with Gasteiger partial charge in [0.15, 0.2) is 0 Å². The van der Waals surface area contributed by atoms with Gasteiger partial charge in [0.05, 0.1) is 17.6 Å². The molecule has 0 atom stereocenters. The second-order valence-electron chi connectivity index (χ2n) is 5.81. The lowest BCUT2D eigenvalue weighted by molar-refractivity contribution is -0.122. The van der Waals surface area contributed by atoms with Crippen molar-refractivity contribution in [3.63, 3.8) is 0 Å². The molecular formula is C18H19N3O5S. The van der Waals surface area contributed by atoms with Gasteiger partial charge >= 0.3 is 0 Å². The molecule has 1 aliphatic heterocycles. The van der Waals surface area contributed by atoms with Gasteiger partial charge in [0.25, 0.3) is 16.5 Å². The molecule has 0 unspecified atom stereocenters. The van der Waals surface area contributed by atoms with Crippen molar-refractivity contribution in [1.29, 1.82) is 0 Å². The number of carboxylic acid groups (broad SMARTS) is 1. The summed E-state index contributed by atoms with van der Waals surface area (Å²) in [6, 6.07) is 8.72. The molecule has 3 N–H and O–H groups in total. The number of para-hydroxylation sites is 1. The first-order chi connectivity index (χ1) is 13.0. The van der Waals surface area contributed by atoms with Crippen molar-refractivity contribution in [2.24, 2.45) is 5.73 Å². The highest BCUT2D eigenvalue weighted by Crippen LogP contribution is 2.35. The van der Waals surface area contributed by atoms with E-state index in [9.17, 15) is 8.42 Å². The minimum atomic E-state index is -3.78. The first-order valence-electron chi connectivity index (χ1n) is 8.27. The van der Waals surface area contributed by atoms with Crippen molar-refractivity contribution in [3.8, 4) is 5.75 Å². The van der Waals surface area contributed by atoms with Gasteiger partial charge in [-0.1, -0.05) is 12.1 Å². The van der Waals surface area contributed by atoms with E-state index in [4.69, 9.17) is 20.4 Å². The summed E-state index contributed by atoms with van der Waals surface area (Å²) in [5.41, 5.74) is 8.62. The molecule has 0 saturated heterocycles. The molecule has 9 heteroatoms. The van der Waals surface area contributed by atoms with Crippen LogP contribution in [0.4, 0.5) is 0 Å². The molecule has 0 spiro atoms. The molecule has 0 fully saturated rings. The normalized spacial score (nSPS) is 12.8. The third kappa shape index (κ3) is 3.38. The standard InChI is InChI=1S/C17H17N3O3S.CH2O2/c18-8-6-13-11-20(14-4-2-9-19-16(13)14)24(21,22)15-5-1-3-12-7-10-23-17(12)15;2-1-3/h1-5,9,11H,6-8,10,18H2;1H,(H,2,3). The molecule has 0 aliphatic carbocycles. The molecule has 3 aromatic rings. The van der Waals surface area contributed by atoms with E-state index in [2.05, 4.69) is 4.98 Å². The highest BCUT2D eigenvalue weighted by atomic mass is 32.2. The van der Waals surface area contributed by atoms with Crippen LogP contribution in [-0.4, -0.2) is 42.1 Å². The number of fused-ring (bicyclic) bond motifs is 2. The second kappa shape index (κ2) is 7.77. The molecule has 4 rings (SSSR count). The Morgan fingerprint density at radius 2 is 2.07 bits per heavy atom. The van der Waals surface area contributed by atoms with Crippen LogP contribution in [0.25, 0.3) is 11.0 Å². The molecule has 1 aliphatic rings. The summed E-state index contributed by atoms with van der Waals surface area (Å²) in [6.45, 7) is 0.688. The first kappa shape index (κ1) is 18.9. The highest BCUT2D eigenvalue weighted by molar-refractivity contribution is 7.90. The molecule has 0 radical (unpaired) electrons. The summed E-state index contributed by atoms with van der Waals surface area (Å²) in [5.74, 6) is 0.462. The predicted molar refractivity (Wildman–Crippen MR) is 99.4 cm³/mol.